The highest BCUT2D eigenvalue weighted by molar-refractivity contribution is 5.72. The van der Waals surface area contributed by atoms with Gasteiger partial charge in [-0.15, -0.1) is 0 Å². The second kappa shape index (κ2) is 88.1. The molecule has 0 N–H and O–H groups in total. The molecule has 0 saturated carbocycles. The fraction of sp³-hybridized carbons (Fsp3) is 0.426. The molecule has 5 aromatic rings. The Morgan fingerprint density at radius 3 is 0.393 bits per heavy atom. The number of hydrogen-bond acceptors (Lipinski definition) is 2. The van der Waals surface area contributed by atoms with E-state index >= 15 is 0 Å². The van der Waals surface area contributed by atoms with Crippen molar-refractivity contribution in [3.63, 3.8) is 0 Å². The quantitative estimate of drug-likeness (QED) is 0.157. The van der Waals surface area contributed by atoms with Crippen molar-refractivity contribution >= 4 is 5.78 Å². The van der Waals surface area contributed by atoms with Crippen LogP contribution in [0, 0.1) is 5.41 Å². The molecular weight excluding hydrogens is 681 g/mol. The molecule has 2 heteroatoms. The summed E-state index contributed by atoms with van der Waals surface area (Å²) in [6, 6.07) is 60.0. The first-order valence-electron chi connectivity index (χ1n) is 21.0. The van der Waals surface area contributed by atoms with Crippen LogP contribution in [0.5, 0.6) is 0 Å². The zero-order valence-electron chi connectivity index (χ0n) is 40.6. The van der Waals surface area contributed by atoms with Crippen molar-refractivity contribution in [3.05, 3.63) is 182 Å². The Balaban J connectivity index is -0.0000000622. The van der Waals surface area contributed by atoms with Gasteiger partial charge < -0.3 is 9.53 Å². The first-order valence-corrected chi connectivity index (χ1v) is 21.0. The first kappa shape index (κ1) is 72.9. The third kappa shape index (κ3) is 143. The van der Waals surface area contributed by atoms with Crippen molar-refractivity contribution in [2.45, 2.75) is 137 Å². The molecule has 0 radical (unpaired) electrons. The Morgan fingerprint density at radius 2 is 0.375 bits per heavy atom. The topological polar surface area (TPSA) is 26.3 Å². The number of methoxy groups -OCH3 is 1. The van der Waals surface area contributed by atoms with Crippen LogP contribution in [0.15, 0.2) is 182 Å². The molecule has 0 saturated heterocycles. The van der Waals surface area contributed by atoms with Gasteiger partial charge in [-0.25, -0.2) is 0 Å². The highest BCUT2D eigenvalue weighted by Gasteiger charge is 2.03. The third-order valence-electron chi connectivity index (χ3n) is 4.39. The third-order valence-corrected chi connectivity index (χ3v) is 4.39. The Kier molecular flexibility index (Phi) is 115. The van der Waals surface area contributed by atoms with Crippen molar-refractivity contribution in [2.24, 2.45) is 5.41 Å². The highest BCUT2D eigenvalue weighted by atomic mass is 16.4. The summed E-state index contributed by atoms with van der Waals surface area (Å²) in [6.45, 7) is 36.2. The highest BCUT2D eigenvalue weighted by Crippen LogP contribution is 2.16. The van der Waals surface area contributed by atoms with E-state index < -0.39 is 0 Å². The lowest BCUT2D eigenvalue weighted by Crippen LogP contribution is -2.00. The van der Waals surface area contributed by atoms with E-state index in [4.69, 9.17) is 0 Å². The molecule has 0 spiro atoms. The molecule has 322 valence electrons. The average Bonchev–Trinajstić information content (AvgIpc) is 3.29. The summed E-state index contributed by atoms with van der Waals surface area (Å²) in [4.78, 5) is 9.44. The van der Waals surface area contributed by atoms with Crippen LogP contribution in [0.25, 0.3) is 0 Å². The van der Waals surface area contributed by atoms with E-state index in [1.54, 1.807) is 14.2 Å². The van der Waals surface area contributed by atoms with E-state index in [1.807, 2.05) is 251 Å². The molecule has 0 unspecified atom stereocenters. The van der Waals surface area contributed by atoms with Gasteiger partial charge in [0.1, 0.15) is 5.78 Å². The molecule has 0 bridgehead atoms. The summed E-state index contributed by atoms with van der Waals surface area (Å²) in [5.74, 6) is 0.167. The van der Waals surface area contributed by atoms with Crippen LogP contribution >= 0.6 is 0 Å². The summed E-state index contributed by atoms with van der Waals surface area (Å²) < 4.78 is 4.25. The lowest BCUT2D eigenvalue weighted by Gasteiger charge is -2.12. The van der Waals surface area contributed by atoms with Gasteiger partial charge in [0.05, 0.1) is 0 Å². The molecular formula is C54H94O2. The molecule has 0 aliphatic heterocycles. The van der Waals surface area contributed by atoms with Crippen LogP contribution in [-0.2, 0) is 9.53 Å². The van der Waals surface area contributed by atoms with Gasteiger partial charge >= 0.3 is 0 Å². The van der Waals surface area contributed by atoms with E-state index in [0.717, 1.165) is 0 Å². The number of Topliss-reactive ketones (excluding diaryl/α,β-unsaturated/α-hetero) is 1. The van der Waals surface area contributed by atoms with Crippen LogP contribution in [0.3, 0.4) is 0 Å². The maximum Gasteiger partial charge on any atom is 0.126 e. The first-order chi connectivity index (χ1) is 27.1. The number of benzene rings is 5. The minimum atomic E-state index is 0.167. The lowest BCUT2D eigenvalue weighted by molar-refractivity contribution is -0.115. The van der Waals surface area contributed by atoms with Crippen molar-refractivity contribution in [1.82, 2.24) is 0 Å². The number of carbonyl (C=O) groups is 1. The fourth-order valence-electron chi connectivity index (χ4n) is 1.92. The summed E-state index contributed by atoms with van der Waals surface area (Å²) in [5, 5.41) is 0. The Labute approximate surface area is 353 Å². The second-order valence-corrected chi connectivity index (χ2v) is 10.7. The van der Waals surface area contributed by atoms with Gasteiger partial charge in [0.2, 0.25) is 0 Å². The standard InChI is InChI=1S/5C6H6.C6H14.C3H6O.C3H8.C2H6O.5C2H6/c5*1-2-4-6-5-3-1;1-5-6(2,3)4;1-3(2)4;2*1-3-2;5*1-2/h5*1-6H;5H2,1-4H3;1-2H3;3H2,1-2H3;1-2H3;5*1-2H3. The number of hydrogen-bond donors (Lipinski definition) is 0. The maximum atomic E-state index is 9.44. The predicted octanol–water partition coefficient (Wildman–Crippen LogP) is 18.3. The zero-order chi connectivity index (χ0) is 45.4. The van der Waals surface area contributed by atoms with Gasteiger partial charge in [-0.3, -0.25) is 0 Å². The van der Waals surface area contributed by atoms with Gasteiger partial charge in [0.15, 0.2) is 0 Å². The van der Waals surface area contributed by atoms with E-state index in [1.165, 1.54) is 26.7 Å². The molecule has 5 rings (SSSR count). The largest absolute Gasteiger partial charge is 0.388 e. The fourth-order valence-corrected chi connectivity index (χ4v) is 1.92. The average molecular weight is 775 g/mol. The van der Waals surface area contributed by atoms with E-state index in [2.05, 4.69) is 46.3 Å². The molecule has 0 atom stereocenters. The molecule has 0 aromatic heterocycles. The van der Waals surface area contributed by atoms with Gasteiger partial charge in [-0.05, 0) is 19.3 Å². The minimum absolute atomic E-state index is 0.167. The molecule has 0 amide bonds. The summed E-state index contributed by atoms with van der Waals surface area (Å²) >= 11 is 0. The summed E-state index contributed by atoms with van der Waals surface area (Å²) in [6.07, 6.45) is 2.52. The van der Waals surface area contributed by atoms with Crippen molar-refractivity contribution in [3.8, 4) is 0 Å². The smallest absolute Gasteiger partial charge is 0.126 e. The Bertz CT molecular complexity index is 772. The number of rotatable bonds is 0. The number of ketones is 1. The van der Waals surface area contributed by atoms with Crippen molar-refractivity contribution in [2.75, 3.05) is 14.2 Å². The van der Waals surface area contributed by atoms with Crippen LogP contribution in [0.4, 0.5) is 0 Å². The minimum Gasteiger partial charge on any atom is -0.388 e. The molecule has 0 aliphatic rings. The SMILES string of the molecule is CC.CC.CC.CC.CC.CC(C)=O.CCC.CCC(C)(C)C.COC.c1ccccc1.c1ccccc1.c1ccccc1.c1ccccc1.c1ccccc1. The van der Waals surface area contributed by atoms with Crippen LogP contribution in [0.2, 0.25) is 0 Å². The normalized spacial score (nSPS) is 7.21. The molecule has 0 fully saturated rings. The van der Waals surface area contributed by atoms with Gasteiger partial charge in [-0.1, -0.05) is 306 Å². The molecule has 0 aliphatic carbocycles. The van der Waals surface area contributed by atoms with E-state index in [9.17, 15) is 4.79 Å². The lowest BCUT2D eigenvalue weighted by atomic mass is 9.94. The van der Waals surface area contributed by atoms with Crippen LogP contribution in [-0.4, -0.2) is 20.0 Å². The Morgan fingerprint density at radius 1 is 0.339 bits per heavy atom. The van der Waals surface area contributed by atoms with Gasteiger partial charge in [-0.2, -0.15) is 0 Å². The molecule has 56 heavy (non-hydrogen) atoms. The van der Waals surface area contributed by atoms with Crippen LogP contribution < -0.4 is 0 Å². The Hall–Kier alpha value is -4.27. The van der Waals surface area contributed by atoms with E-state index in [-0.39, 0.29) is 5.78 Å². The molecule has 5 aromatic carbocycles. The summed E-state index contributed by atoms with van der Waals surface area (Å²) in [5.41, 5.74) is 0.542. The molecule has 0 heterocycles. The second-order valence-electron chi connectivity index (χ2n) is 10.7. The maximum absolute atomic E-state index is 9.44. The molecule has 2 nitrogen and oxygen atoms in total. The predicted molar refractivity (Wildman–Crippen MR) is 264 cm³/mol. The van der Waals surface area contributed by atoms with Crippen molar-refractivity contribution in [1.29, 1.82) is 0 Å². The van der Waals surface area contributed by atoms with E-state index in [0.29, 0.717) is 5.41 Å². The van der Waals surface area contributed by atoms with Crippen molar-refractivity contribution < 1.29 is 9.53 Å². The summed E-state index contributed by atoms with van der Waals surface area (Å²) in [7, 11) is 3.25. The number of ether oxygens (including phenoxy) is 1. The zero-order valence-corrected chi connectivity index (χ0v) is 40.6. The van der Waals surface area contributed by atoms with Gasteiger partial charge in [0, 0.05) is 14.2 Å². The number of carbonyl (C=O) groups excluding carboxylic acids is 1. The van der Waals surface area contributed by atoms with Gasteiger partial charge in [0.25, 0.3) is 0 Å². The van der Waals surface area contributed by atoms with Crippen LogP contribution in [0.1, 0.15) is 137 Å². The monoisotopic (exact) mass is 775 g/mol.